The van der Waals surface area contributed by atoms with Crippen molar-refractivity contribution in [2.24, 2.45) is 11.8 Å². The zero-order valence-electron chi connectivity index (χ0n) is 21.2. The normalized spacial score (nSPS) is 13.1. The Balaban J connectivity index is 0.000000762. The van der Waals surface area contributed by atoms with Gasteiger partial charge in [0.05, 0.1) is 26.1 Å². The maximum absolute atomic E-state index is 11.1. The van der Waals surface area contributed by atoms with Gasteiger partial charge in [0.2, 0.25) is 0 Å². The second-order valence-corrected chi connectivity index (χ2v) is 8.20. The number of hydrogen-bond acceptors (Lipinski definition) is 8. The molecule has 14 nitrogen and oxygen atoms in total. The molecule has 0 bridgehead atoms. The van der Waals surface area contributed by atoms with Crippen LogP contribution < -0.4 is 0 Å². The van der Waals surface area contributed by atoms with Gasteiger partial charge in [-0.2, -0.15) is 0 Å². The Morgan fingerprint density at radius 3 is 1.02 bits per heavy atom. The van der Waals surface area contributed by atoms with E-state index in [9.17, 15) is 28.8 Å². The molecule has 0 aromatic heterocycles. The van der Waals surface area contributed by atoms with E-state index >= 15 is 0 Å². The van der Waals surface area contributed by atoms with Crippen LogP contribution in [0.4, 0.5) is 0 Å². The molecule has 2 rings (SSSR count). The van der Waals surface area contributed by atoms with Gasteiger partial charge in [-0.3, -0.25) is 19.2 Å². The van der Waals surface area contributed by atoms with E-state index in [2.05, 4.69) is 0 Å². The first-order valence-electron chi connectivity index (χ1n) is 11.5. The number of aliphatic carboxylic acids is 6. The van der Waals surface area contributed by atoms with Crippen molar-refractivity contribution in [1.29, 1.82) is 0 Å². The molecule has 0 aliphatic heterocycles. The largest absolute Gasteiger partial charge is 2.00 e. The second kappa shape index (κ2) is 18.9. The van der Waals surface area contributed by atoms with E-state index in [4.69, 9.17) is 40.1 Å². The van der Waals surface area contributed by atoms with E-state index in [1.807, 2.05) is 0 Å². The minimum Gasteiger partial charge on any atom is -0.481 e. The van der Waals surface area contributed by atoms with Crippen molar-refractivity contribution in [2.45, 2.75) is 38.3 Å². The van der Waals surface area contributed by atoms with E-state index < -0.39 is 72.7 Å². The summed E-state index contributed by atoms with van der Waals surface area (Å²) in [6.45, 7) is -0.220. The maximum atomic E-state index is 11.1. The van der Waals surface area contributed by atoms with E-state index in [1.165, 1.54) is 0 Å². The number of carboxylic acids is 6. The maximum Gasteiger partial charge on any atom is 2.00 e. The molecule has 4 unspecified atom stereocenters. The summed E-state index contributed by atoms with van der Waals surface area (Å²) >= 11 is 0. The summed E-state index contributed by atoms with van der Waals surface area (Å²) in [6.07, 6.45) is -5.07. The van der Waals surface area contributed by atoms with Crippen LogP contribution in [0, 0.1) is 11.8 Å². The number of hydrogen-bond donors (Lipinski definition) is 6. The number of benzene rings is 2. The molecule has 1 radical (unpaired) electrons. The van der Waals surface area contributed by atoms with Crippen LogP contribution in [0.1, 0.15) is 24.0 Å². The van der Waals surface area contributed by atoms with Gasteiger partial charge < -0.3 is 40.1 Å². The van der Waals surface area contributed by atoms with Crippen LogP contribution in [0.25, 0.3) is 0 Å². The van der Waals surface area contributed by atoms with Gasteiger partial charge in [-0.15, -0.1) is 0 Å². The SMILES string of the molecule is O=C(O)CC(C(=O)O)C(OCc1ccccc1)C(=O)O.O=C(O)CC(C(=O)O)C(OCc1ccccc1)C(=O)O.[Cu+2]. The summed E-state index contributed by atoms with van der Waals surface area (Å²) in [7, 11) is 0. The van der Waals surface area contributed by atoms with E-state index in [0.29, 0.717) is 11.1 Å². The first-order chi connectivity index (χ1) is 18.8. The van der Waals surface area contributed by atoms with Gasteiger partial charge in [-0.25, -0.2) is 9.59 Å². The van der Waals surface area contributed by atoms with Crippen LogP contribution in [-0.4, -0.2) is 78.7 Å². The smallest absolute Gasteiger partial charge is 0.481 e. The van der Waals surface area contributed by atoms with Crippen LogP contribution >= 0.6 is 0 Å². The summed E-state index contributed by atoms with van der Waals surface area (Å²) in [5, 5.41) is 53.1. The van der Waals surface area contributed by atoms with E-state index in [-0.39, 0.29) is 30.3 Å². The molecule has 0 saturated carbocycles. The summed E-state index contributed by atoms with van der Waals surface area (Å²) in [6, 6.07) is 17.2. The fourth-order valence-electron chi connectivity index (χ4n) is 3.26. The van der Waals surface area contributed by atoms with Gasteiger partial charge in [-0.1, -0.05) is 60.7 Å². The molecular weight excluding hydrogens is 600 g/mol. The molecule has 6 N–H and O–H groups in total. The average molecular weight is 628 g/mol. The minimum atomic E-state index is -1.72. The summed E-state index contributed by atoms with van der Waals surface area (Å²) in [5.41, 5.74) is 1.33. The third-order valence-corrected chi connectivity index (χ3v) is 5.19. The van der Waals surface area contributed by atoms with Crippen molar-refractivity contribution in [3.05, 3.63) is 71.8 Å². The van der Waals surface area contributed by atoms with Crippen molar-refractivity contribution < 1.29 is 85.9 Å². The molecular formula is C26H28CuO14+2. The monoisotopic (exact) mass is 627 g/mol. The molecule has 0 fully saturated rings. The number of carboxylic acid groups (broad SMARTS) is 6. The number of carbonyl (C=O) groups is 6. The fraction of sp³-hybridized carbons (Fsp3) is 0.308. The van der Waals surface area contributed by atoms with Gasteiger partial charge in [-0.05, 0) is 11.1 Å². The molecule has 41 heavy (non-hydrogen) atoms. The van der Waals surface area contributed by atoms with Gasteiger partial charge in [0.25, 0.3) is 0 Å². The van der Waals surface area contributed by atoms with Gasteiger partial charge in [0, 0.05) is 0 Å². The molecule has 15 heteroatoms. The zero-order chi connectivity index (χ0) is 30.2. The quantitative estimate of drug-likeness (QED) is 0.145. The zero-order valence-corrected chi connectivity index (χ0v) is 22.1. The van der Waals surface area contributed by atoms with Gasteiger partial charge in [0.15, 0.2) is 12.2 Å². The summed E-state index contributed by atoms with van der Waals surface area (Å²) in [4.78, 5) is 65.3. The average Bonchev–Trinajstić information content (AvgIpc) is 2.88. The van der Waals surface area contributed by atoms with Gasteiger partial charge in [0.1, 0.15) is 11.8 Å². The predicted octanol–water partition coefficient (Wildman–Crippen LogP) is 1.66. The first-order valence-corrected chi connectivity index (χ1v) is 11.5. The number of rotatable bonds is 16. The van der Waals surface area contributed by atoms with Crippen molar-refractivity contribution in [2.75, 3.05) is 0 Å². The molecule has 0 saturated heterocycles. The van der Waals surface area contributed by atoms with Crippen LogP contribution in [0.5, 0.6) is 0 Å². The summed E-state index contributed by atoms with van der Waals surface area (Å²) < 4.78 is 10.1. The molecule has 2 aromatic rings. The Hall–Kier alpha value is -4.30. The third-order valence-electron chi connectivity index (χ3n) is 5.19. The molecule has 0 heterocycles. The predicted molar refractivity (Wildman–Crippen MR) is 132 cm³/mol. The van der Waals surface area contributed by atoms with E-state index in [1.54, 1.807) is 60.7 Å². The van der Waals surface area contributed by atoms with Crippen LogP contribution in [0.2, 0.25) is 0 Å². The van der Waals surface area contributed by atoms with Crippen LogP contribution in [0.3, 0.4) is 0 Å². The molecule has 0 amide bonds. The van der Waals surface area contributed by atoms with E-state index in [0.717, 1.165) is 0 Å². The fourth-order valence-corrected chi connectivity index (χ4v) is 3.26. The van der Waals surface area contributed by atoms with Crippen molar-refractivity contribution in [1.82, 2.24) is 0 Å². The Kier molecular flexibility index (Phi) is 16.9. The second-order valence-electron chi connectivity index (χ2n) is 8.20. The molecule has 0 aliphatic carbocycles. The molecule has 0 spiro atoms. The summed E-state index contributed by atoms with van der Waals surface area (Å²) in [5.74, 6) is -12.1. The van der Waals surface area contributed by atoms with Crippen molar-refractivity contribution in [3.8, 4) is 0 Å². The van der Waals surface area contributed by atoms with Gasteiger partial charge >= 0.3 is 52.9 Å². The molecule has 0 aliphatic rings. The topological polar surface area (TPSA) is 242 Å². The molecule has 225 valence electrons. The van der Waals surface area contributed by atoms with Crippen LogP contribution in [0.15, 0.2) is 60.7 Å². The Morgan fingerprint density at radius 2 is 0.805 bits per heavy atom. The van der Waals surface area contributed by atoms with Crippen LogP contribution in [-0.2, 0) is 68.5 Å². The Labute approximate surface area is 243 Å². The third kappa shape index (κ3) is 14.1. The molecule has 4 atom stereocenters. The standard InChI is InChI=1S/2C13H14O7.Cu/c2*14-10(15)6-9(12(16)17)11(13(18)19)20-7-8-4-2-1-3-5-8;/h2*1-5,9,11H,6-7H2,(H,14,15)(H,16,17)(H,18,19);/q;;+2. The Bertz CT molecular complexity index is 1060. The minimum absolute atomic E-state index is 0. The Morgan fingerprint density at radius 1 is 0.512 bits per heavy atom. The first kappa shape index (κ1) is 36.7. The molecule has 2 aromatic carbocycles. The van der Waals surface area contributed by atoms with Crippen molar-refractivity contribution in [3.63, 3.8) is 0 Å². The number of ether oxygens (including phenoxy) is 2. The van der Waals surface area contributed by atoms with Crippen molar-refractivity contribution >= 4 is 35.8 Å².